The Kier molecular flexibility index (Phi) is 4.93. The summed E-state index contributed by atoms with van der Waals surface area (Å²) < 4.78 is 39.8. The quantitative estimate of drug-likeness (QED) is 0.524. The van der Waals surface area contributed by atoms with Crippen molar-refractivity contribution in [2.24, 2.45) is 5.92 Å². The van der Waals surface area contributed by atoms with Crippen molar-refractivity contribution >= 4 is 27.8 Å². The Morgan fingerprint density at radius 1 is 1.06 bits per heavy atom. The summed E-state index contributed by atoms with van der Waals surface area (Å²) in [4.78, 5) is 20.6. The third kappa shape index (κ3) is 3.90. The fraction of sp³-hybridized carbons (Fsp3) is 0.190. The average molecular weight is 489 g/mol. The number of pyridine rings is 2. The molecular weight excluding hydrogens is 474 g/mol. The van der Waals surface area contributed by atoms with E-state index < -0.39 is 17.7 Å². The summed E-state index contributed by atoms with van der Waals surface area (Å²) in [6.45, 7) is 0.220. The predicted octanol–water partition coefficient (Wildman–Crippen LogP) is 4.61. The number of carbonyl (C=O) groups is 1. The molecule has 5 rings (SSSR count). The first kappa shape index (κ1) is 19.7. The van der Waals surface area contributed by atoms with Crippen molar-refractivity contribution in [1.82, 2.24) is 15.3 Å². The van der Waals surface area contributed by atoms with Crippen LogP contribution in [0.5, 0.6) is 17.2 Å². The van der Waals surface area contributed by atoms with Gasteiger partial charge in [0.15, 0.2) is 11.6 Å². The van der Waals surface area contributed by atoms with Gasteiger partial charge in [-0.3, -0.25) is 5.32 Å². The average Bonchev–Trinajstić information content (AvgIpc) is 3.46. The summed E-state index contributed by atoms with van der Waals surface area (Å²) in [5.74, 6) is -0.267. The normalized spacial score (nSPS) is 20.7. The van der Waals surface area contributed by atoms with Crippen LogP contribution in [-0.4, -0.2) is 28.6 Å². The van der Waals surface area contributed by atoms with Crippen molar-refractivity contribution in [3.05, 3.63) is 70.6 Å². The van der Waals surface area contributed by atoms with Gasteiger partial charge >= 0.3 is 6.03 Å². The van der Waals surface area contributed by atoms with Crippen molar-refractivity contribution in [3.63, 3.8) is 0 Å². The van der Waals surface area contributed by atoms with E-state index in [1.807, 2.05) is 0 Å². The molecule has 0 unspecified atom stereocenters. The molecule has 2 aromatic heterocycles. The zero-order chi connectivity index (χ0) is 21.5. The van der Waals surface area contributed by atoms with Crippen LogP contribution in [-0.2, 0) is 0 Å². The van der Waals surface area contributed by atoms with Gasteiger partial charge in [-0.1, -0.05) is 0 Å². The number of anilines is 1. The van der Waals surface area contributed by atoms with Gasteiger partial charge in [0.05, 0.1) is 19.0 Å². The Bertz CT molecular complexity index is 1140. The molecule has 158 valence electrons. The highest BCUT2D eigenvalue weighted by Crippen LogP contribution is 2.55. The number of amides is 2. The second-order valence-electron chi connectivity index (χ2n) is 7.19. The van der Waals surface area contributed by atoms with Crippen molar-refractivity contribution < 1.29 is 23.0 Å². The minimum absolute atomic E-state index is 0.0656. The number of benzene rings is 1. The Labute approximate surface area is 183 Å². The minimum Gasteiger partial charge on any atom is -0.490 e. The van der Waals surface area contributed by atoms with Crippen LogP contribution < -0.4 is 20.1 Å². The third-order valence-corrected chi connectivity index (χ3v) is 5.70. The number of aromatic nitrogens is 2. The van der Waals surface area contributed by atoms with Crippen LogP contribution in [0.25, 0.3) is 0 Å². The Balaban J connectivity index is 1.20. The molecule has 0 bridgehead atoms. The Morgan fingerprint density at radius 3 is 2.52 bits per heavy atom. The molecule has 3 aromatic rings. The molecule has 1 saturated carbocycles. The second-order valence-corrected chi connectivity index (χ2v) is 8.01. The van der Waals surface area contributed by atoms with Crippen LogP contribution in [0.4, 0.5) is 19.4 Å². The number of ether oxygens (including phenoxy) is 2. The van der Waals surface area contributed by atoms with E-state index in [2.05, 4.69) is 36.5 Å². The number of nitrogens with zero attached hydrogens (tertiary/aromatic N) is 2. The monoisotopic (exact) mass is 488 g/mol. The van der Waals surface area contributed by atoms with Crippen molar-refractivity contribution in [2.45, 2.75) is 12.0 Å². The van der Waals surface area contributed by atoms with E-state index in [4.69, 9.17) is 9.47 Å². The van der Waals surface area contributed by atoms with E-state index >= 15 is 0 Å². The maximum Gasteiger partial charge on any atom is 0.320 e. The second kappa shape index (κ2) is 7.77. The summed E-state index contributed by atoms with van der Waals surface area (Å²) in [5.41, 5.74) is 0.184. The van der Waals surface area contributed by atoms with Gasteiger partial charge in [-0.25, -0.2) is 23.5 Å². The van der Waals surface area contributed by atoms with E-state index in [-0.39, 0.29) is 35.8 Å². The molecule has 3 atom stereocenters. The first-order valence-electron chi connectivity index (χ1n) is 9.43. The molecule has 1 aliphatic carbocycles. The number of urea groups is 1. The van der Waals surface area contributed by atoms with Crippen LogP contribution >= 0.6 is 15.9 Å². The molecule has 0 spiro atoms. The van der Waals surface area contributed by atoms with E-state index in [0.29, 0.717) is 21.9 Å². The van der Waals surface area contributed by atoms with Gasteiger partial charge in [0.1, 0.15) is 27.7 Å². The van der Waals surface area contributed by atoms with Crippen LogP contribution in [0, 0.1) is 17.6 Å². The van der Waals surface area contributed by atoms with Crippen LogP contribution in [0.2, 0.25) is 0 Å². The zero-order valence-corrected chi connectivity index (χ0v) is 17.4. The minimum atomic E-state index is -0.602. The lowest BCUT2D eigenvalue weighted by atomic mass is 10.0. The Hall–Kier alpha value is -3.27. The molecule has 2 N–H and O–H groups in total. The van der Waals surface area contributed by atoms with Crippen molar-refractivity contribution in [1.29, 1.82) is 0 Å². The highest BCUT2D eigenvalue weighted by Gasteiger charge is 2.57. The Morgan fingerprint density at radius 2 is 1.81 bits per heavy atom. The van der Waals surface area contributed by atoms with Crippen molar-refractivity contribution in [3.8, 4) is 17.2 Å². The third-order valence-electron chi connectivity index (χ3n) is 5.23. The number of hydrogen-bond acceptors (Lipinski definition) is 5. The highest BCUT2D eigenvalue weighted by molar-refractivity contribution is 9.10. The smallest absolute Gasteiger partial charge is 0.320 e. The van der Waals surface area contributed by atoms with Gasteiger partial charge in [0.25, 0.3) is 0 Å². The van der Waals surface area contributed by atoms with E-state index in [1.54, 1.807) is 30.5 Å². The molecule has 3 heterocycles. The molecule has 1 fully saturated rings. The van der Waals surface area contributed by atoms with Crippen LogP contribution in [0.3, 0.4) is 0 Å². The molecular formula is C21H15BrF2N4O3. The SMILES string of the molecule is O=C(Nc1ccc(Oc2ccc(Br)nc2)cn1)N[C@@H]1[C@@H]2COc3c(F)ccc(F)c3[C@@H]21. The summed E-state index contributed by atoms with van der Waals surface area (Å²) in [7, 11) is 0. The number of nitrogens with one attached hydrogen (secondary N) is 2. The number of rotatable bonds is 4. The summed E-state index contributed by atoms with van der Waals surface area (Å²) >= 11 is 3.25. The highest BCUT2D eigenvalue weighted by atomic mass is 79.9. The fourth-order valence-electron chi connectivity index (χ4n) is 3.73. The summed E-state index contributed by atoms with van der Waals surface area (Å²) in [5, 5.41) is 5.42. The number of hydrogen-bond donors (Lipinski definition) is 2. The number of halogens is 3. The standard InChI is InChI=1S/C21H15BrF2N4O3/c22-15-5-1-10(7-25-15)31-11-2-6-16(26-8-11)27-21(29)28-19-12-9-30-20-14(24)4-3-13(23)18(20)17(12)19/h1-8,12,17,19H,9H2,(H2,26,27,28,29)/t12-,17-,19-/m1/s1. The van der Waals surface area contributed by atoms with Gasteiger partial charge in [-0.15, -0.1) is 0 Å². The van der Waals surface area contributed by atoms with Gasteiger partial charge in [0.2, 0.25) is 0 Å². The van der Waals surface area contributed by atoms with Gasteiger partial charge in [-0.05, 0) is 52.3 Å². The molecule has 1 aliphatic heterocycles. The lowest BCUT2D eigenvalue weighted by molar-refractivity contribution is 0.247. The molecule has 1 aromatic carbocycles. The topological polar surface area (TPSA) is 85.4 Å². The predicted molar refractivity (Wildman–Crippen MR) is 110 cm³/mol. The van der Waals surface area contributed by atoms with E-state index in [0.717, 1.165) is 12.1 Å². The number of carbonyl (C=O) groups excluding carboxylic acids is 1. The molecule has 0 radical (unpaired) electrons. The summed E-state index contributed by atoms with van der Waals surface area (Å²) in [6.07, 6.45) is 3.03. The van der Waals surface area contributed by atoms with Gasteiger partial charge in [-0.2, -0.15) is 0 Å². The molecule has 31 heavy (non-hydrogen) atoms. The lowest BCUT2D eigenvalue weighted by Gasteiger charge is -2.16. The van der Waals surface area contributed by atoms with Gasteiger partial charge in [0, 0.05) is 23.4 Å². The summed E-state index contributed by atoms with van der Waals surface area (Å²) in [6, 6.07) is 8.04. The van der Waals surface area contributed by atoms with Crippen LogP contribution in [0.15, 0.2) is 53.4 Å². The molecule has 2 aliphatic rings. The zero-order valence-electron chi connectivity index (χ0n) is 15.8. The fourth-order valence-corrected chi connectivity index (χ4v) is 3.97. The van der Waals surface area contributed by atoms with E-state index in [9.17, 15) is 13.6 Å². The van der Waals surface area contributed by atoms with E-state index in [1.165, 1.54) is 6.20 Å². The first-order chi connectivity index (χ1) is 15.0. The maximum absolute atomic E-state index is 14.2. The first-order valence-corrected chi connectivity index (χ1v) is 10.2. The van der Waals surface area contributed by atoms with Crippen LogP contribution in [0.1, 0.15) is 11.5 Å². The van der Waals surface area contributed by atoms with Gasteiger partial charge < -0.3 is 14.8 Å². The molecule has 7 nitrogen and oxygen atoms in total. The lowest BCUT2D eigenvalue weighted by Crippen LogP contribution is -2.32. The molecule has 10 heteroatoms. The number of fused-ring (bicyclic) bond motifs is 3. The molecule has 2 amide bonds. The largest absolute Gasteiger partial charge is 0.490 e. The molecule has 0 saturated heterocycles. The maximum atomic E-state index is 14.2. The van der Waals surface area contributed by atoms with Crippen molar-refractivity contribution in [2.75, 3.05) is 11.9 Å².